The molecule has 0 atom stereocenters. The van der Waals surface area contributed by atoms with Crippen molar-refractivity contribution in [2.75, 3.05) is 18.0 Å². The van der Waals surface area contributed by atoms with Crippen LogP contribution in [0.3, 0.4) is 0 Å². The lowest BCUT2D eigenvalue weighted by atomic mass is 10.1. The van der Waals surface area contributed by atoms with Crippen molar-refractivity contribution in [3.05, 3.63) is 42.6 Å². The first-order valence-corrected chi connectivity index (χ1v) is 7.70. The minimum atomic E-state index is -1.11. The first-order chi connectivity index (χ1) is 11.7. The highest BCUT2D eigenvalue weighted by Crippen LogP contribution is 2.28. The Bertz CT molecular complexity index is 893. The molecule has 1 N–H and O–H groups in total. The molecule has 7 nitrogen and oxygen atoms in total. The average Bonchev–Trinajstić information content (AvgIpc) is 2.62. The molecule has 2 aromatic heterocycles. The van der Waals surface area contributed by atoms with Crippen LogP contribution in [0.4, 0.5) is 5.82 Å². The molecule has 0 fully saturated rings. The topological polar surface area (TPSA) is 92.1 Å². The normalized spacial score (nSPS) is 10.8. The number of hydrogen-bond donors (Lipinski definition) is 1. The van der Waals surface area contributed by atoms with Crippen LogP contribution >= 0.6 is 0 Å². The van der Waals surface area contributed by atoms with Crippen molar-refractivity contribution in [3.63, 3.8) is 0 Å². The fourth-order valence-electron chi connectivity index (χ4n) is 2.67. The largest absolute Gasteiger partial charge is 0.476 e. The standard InChI is InChI=1S/C17H17N5O2/c1-3-22(4-2)16-12-9-11(5-6-13(12)20-10-21-16)14-15(17(23)24)19-8-7-18-14/h5-10H,3-4H2,1-2H3,(H,23,24). The first-order valence-electron chi connectivity index (χ1n) is 7.70. The molecule has 0 spiro atoms. The van der Waals surface area contributed by atoms with Crippen molar-refractivity contribution in [1.82, 2.24) is 19.9 Å². The quantitative estimate of drug-likeness (QED) is 0.771. The van der Waals surface area contributed by atoms with E-state index in [1.165, 1.54) is 12.4 Å². The third kappa shape index (κ3) is 2.76. The number of nitrogens with zero attached hydrogens (tertiary/aromatic N) is 5. The van der Waals surface area contributed by atoms with E-state index in [0.717, 1.165) is 29.8 Å². The number of fused-ring (bicyclic) bond motifs is 1. The zero-order valence-electron chi connectivity index (χ0n) is 13.5. The molecule has 122 valence electrons. The second-order valence-corrected chi connectivity index (χ2v) is 5.16. The van der Waals surface area contributed by atoms with Crippen LogP contribution in [0.1, 0.15) is 24.3 Å². The molecule has 1 aromatic carbocycles. The maximum absolute atomic E-state index is 11.4. The Balaban J connectivity index is 2.22. The van der Waals surface area contributed by atoms with Gasteiger partial charge in [-0.15, -0.1) is 0 Å². The molecule has 0 aliphatic rings. The van der Waals surface area contributed by atoms with Crippen LogP contribution in [-0.2, 0) is 0 Å². The smallest absolute Gasteiger partial charge is 0.356 e. The maximum atomic E-state index is 11.4. The Labute approximate surface area is 139 Å². The van der Waals surface area contributed by atoms with Crippen molar-refractivity contribution >= 4 is 22.7 Å². The molecule has 0 aliphatic heterocycles. The van der Waals surface area contributed by atoms with Crippen molar-refractivity contribution in [3.8, 4) is 11.3 Å². The predicted octanol–water partition coefficient (Wildman–Crippen LogP) is 2.63. The molecule has 0 saturated heterocycles. The Kier molecular flexibility index (Phi) is 4.33. The number of carboxylic acids is 1. The fourth-order valence-corrected chi connectivity index (χ4v) is 2.67. The van der Waals surface area contributed by atoms with Crippen molar-refractivity contribution in [2.45, 2.75) is 13.8 Å². The summed E-state index contributed by atoms with van der Waals surface area (Å²) in [6, 6.07) is 5.52. The molecule has 0 amide bonds. The monoisotopic (exact) mass is 323 g/mol. The molecule has 0 radical (unpaired) electrons. The molecule has 0 bridgehead atoms. The van der Waals surface area contributed by atoms with Crippen molar-refractivity contribution < 1.29 is 9.90 Å². The molecule has 7 heteroatoms. The summed E-state index contributed by atoms with van der Waals surface area (Å²) in [6.07, 6.45) is 4.40. The van der Waals surface area contributed by atoms with E-state index in [0.29, 0.717) is 11.3 Å². The molecule has 0 aliphatic carbocycles. The number of hydrogen-bond acceptors (Lipinski definition) is 6. The van der Waals surface area contributed by atoms with Gasteiger partial charge in [-0.05, 0) is 26.0 Å². The highest BCUT2D eigenvalue weighted by atomic mass is 16.4. The first kappa shape index (κ1) is 15.8. The highest BCUT2D eigenvalue weighted by molar-refractivity contribution is 5.96. The second kappa shape index (κ2) is 6.57. The number of carbonyl (C=O) groups is 1. The number of anilines is 1. The van der Waals surface area contributed by atoms with Gasteiger partial charge in [-0.1, -0.05) is 6.07 Å². The van der Waals surface area contributed by atoms with Crippen molar-refractivity contribution in [2.24, 2.45) is 0 Å². The van der Waals surface area contributed by atoms with Gasteiger partial charge in [0.15, 0.2) is 5.69 Å². The van der Waals surface area contributed by atoms with Crippen LogP contribution in [0, 0.1) is 0 Å². The van der Waals surface area contributed by atoms with E-state index >= 15 is 0 Å². The number of carboxylic acid groups (broad SMARTS) is 1. The van der Waals surface area contributed by atoms with Gasteiger partial charge < -0.3 is 10.0 Å². The van der Waals surface area contributed by atoms with Crippen LogP contribution in [0.5, 0.6) is 0 Å². The predicted molar refractivity (Wildman–Crippen MR) is 91.1 cm³/mol. The van der Waals surface area contributed by atoms with Gasteiger partial charge in [-0.25, -0.2) is 19.7 Å². The minimum Gasteiger partial charge on any atom is -0.476 e. The minimum absolute atomic E-state index is 0.0712. The molecule has 24 heavy (non-hydrogen) atoms. The van der Waals surface area contributed by atoms with Crippen LogP contribution in [0.25, 0.3) is 22.2 Å². The lowest BCUT2D eigenvalue weighted by Gasteiger charge is -2.21. The average molecular weight is 323 g/mol. The Hall–Kier alpha value is -3.09. The summed E-state index contributed by atoms with van der Waals surface area (Å²) < 4.78 is 0. The van der Waals surface area contributed by atoms with Crippen LogP contribution in [0.15, 0.2) is 36.9 Å². The molecule has 0 unspecified atom stereocenters. The van der Waals surface area contributed by atoms with E-state index in [4.69, 9.17) is 0 Å². The summed E-state index contributed by atoms with van der Waals surface area (Å²) in [7, 11) is 0. The summed E-state index contributed by atoms with van der Waals surface area (Å²) in [6.45, 7) is 5.76. The fraction of sp³-hybridized carbons (Fsp3) is 0.235. The number of aromatic nitrogens is 4. The zero-order chi connectivity index (χ0) is 17.1. The number of benzene rings is 1. The van der Waals surface area contributed by atoms with E-state index in [-0.39, 0.29) is 5.69 Å². The van der Waals surface area contributed by atoms with Crippen LogP contribution in [0.2, 0.25) is 0 Å². The van der Waals surface area contributed by atoms with Gasteiger partial charge in [0.05, 0.1) is 5.52 Å². The Morgan fingerprint density at radius 2 is 1.83 bits per heavy atom. The highest BCUT2D eigenvalue weighted by Gasteiger charge is 2.16. The van der Waals surface area contributed by atoms with E-state index in [1.807, 2.05) is 12.1 Å². The van der Waals surface area contributed by atoms with Gasteiger partial charge in [-0.3, -0.25) is 4.98 Å². The number of rotatable bonds is 5. The Morgan fingerprint density at radius 3 is 2.54 bits per heavy atom. The van der Waals surface area contributed by atoms with Crippen molar-refractivity contribution in [1.29, 1.82) is 0 Å². The lowest BCUT2D eigenvalue weighted by molar-refractivity contribution is 0.0691. The molecule has 2 heterocycles. The second-order valence-electron chi connectivity index (χ2n) is 5.16. The van der Waals surface area contributed by atoms with E-state index in [2.05, 4.69) is 38.7 Å². The summed E-state index contributed by atoms with van der Waals surface area (Å²) in [5.41, 5.74) is 1.74. The van der Waals surface area contributed by atoms with Gasteiger partial charge in [0.2, 0.25) is 0 Å². The van der Waals surface area contributed by atoms with Crippen LogP contribution < -0.4 is 4.90 Å². The zero-order valence-corrected chi connectivity index (χ0v) is 13.5. The van der Waals surface area contributed by atoms with E-state index in [9.17, 15) is 9.90 Å². The van der Waals surface area contributed by atoms with Gasteiger partial charge in [0, 0.05) is 36.4 Å². The number of aromatic carboxylic acids is 1. The van der Waals surface area contributed by atoms with E-state index < -0.39 is 5.97 Å². The molecular formula is C17H17N5O2. The molecular weight excluding hydrogens is 306 g/mol. The van der Waals surface area contributed by atoms with Crippen LogP contribution in [-0.4, -0.2) is 44.1 Å². The Morgan fingerprint density at radius 1 is 1.08 bits per heavy atom. The SMILES string of the molecule is CCN(CC)c1ncnc2ccc(-c3nccnc3C(=O)O)cc12. The third-order valence-electron chi connectivity index (χ3n) is 3.85. The summed E-state index contributed by atoms with van der Waals surface area (Å²) >= 11 is 0. The summed E-state index contributed by atoms with van der Waals surface area (Å²) in [5.74, 6) is -0.279. The van der Waals surface area contributed by atoms with Gasteiger partial charge in [0.25, 0.3) is 0 Å². The molecule has 0 saturated carbocycles. The maximum Gasteiger partial charge on any atom is 0.356 e. The van der Waals surface area contributed by atoms with Gasteiger partial charge >= 0.3 is 5.97 Å². The van der Waals surface area contributed by atoms with E-state index in [1.54, 1.807) is 12.4 Å². The third-order valence-corrected chi connectivity index (χ3v) is 3.85. The van der Waals surface area contributed by atoms with Gasteiger partial charge in [-0.2, -0.15) is 0 Å². The molecule has 3 rings (SSSR count). The summed E-state index contributed by atoms with van der Waals surface area (Å²) in [4.78, 5) is 30.3. The summed E-state index contributed by atoms with van der Waals surface area (Å²) in [5, 5.41) is 10.2. The van der Waals surface area contributed by atoms with Gasteiger partial charge in [0.1, 0.15) is 17.8 Å². The molecule has 3 aromatic rings. The lowest BCUT2D eigenvalue weighted by Crippen LogP contribution is -2.23.